The Morgan fingerprint density at radius 1 is 1.12 bits per heavy atom. The number of esters is 1. The van der Waals surface area contributed by atoms with E-state index in [1.807, 2.05) is 6.07 Å². The van der Waals surface area contributed by atoms with Gasteiger partial charge < -0.3 is 25.2 Å². The molecule has 1 rings (SSSR count). The van der Waals surface area contributed by atoms with Crippen molar-refractivity contribution in [2.24, 2.45) is 0 Å². The summed E-state index contributed by atoms with van der Waals surface area (Å²) >= 11 is 0. The molecule has 0 aliphatic rings. The SMILES string of the molecule is CCC(=O)OCC(NC(=O)OCc1ccccc1)C(=O)NCC(=O)O. The maximum Gasteiger partial charge on any atom is 0.408 e. The number of alkyl carbamates (subject to hydrolysis) is 1. The highest BCUT2D eigenvalue weighted by molar-refractivity contribution is 5.88. The average molecular weight is 352 g/mol. The van der Waals surface area contributed by atoms with Gasteiger partial charge in [0.2, 0.25) is 5.91 Å². The first kappa shape index (κ1) is 19.9. The van der Waals surface area contributed by atoms with Gasteiger partial charge in [-0.1, -0.05) is 37.3 Å². The molecule has 0 bridgehead atoms. The van der Waals surface area contributed by atoms with Crippen LogP contribution < -0.4 is 10.6 Å². The monoisotopic (exact) mass is 352 g/mol. The fourth-order valence-electron chi connectivity index (χ4n) is 1.65. The van der Waals surface area contributed by atoms with Crippen molar-refractivity contribution in [2.45, 2.75) is 26.0 Å². The number of ether oxygens (including phenoxy) is 2. The lowest BCUT2D eigenvalue weighted by molar-refractivity contribution is -0.145. The van der Waals surface area contributed by atoms with Crippen molar-refractivity contribution in [2.75, 3.05) is 13.2 Å². The summed E-state index contributed by atoms with van der Waals surface area (Å²) in [7, 11) is 0. The van der Waals surface area contributed by atoms with Gasteiger partial charge in [-0.05, 0) is 5.56 Å². The third-order valence-electron chi connectivity index (χ3n) is 2.93. The standard InChI is InChI=1S/C16H20N2O7/c1-2-14(21)24-10-12(15(22)17-8-13(19)20)18-16(23)25-9-11-6-4-3-5-7-11/h3-7,12H,2,8-10H2,1H3,(H,17,22)(H,18,23)(H,19,20). The summed E-state index contributed by atoms with van der Waals surface area (Å²) in [4.78, 5) is 45.5. The first-order valence-corrected chi connectivity index (χ1v) is 7.54. The molecule has 0 aliphatic heterocycles. The van der Waals surface area contributed by atoms with Crippen LogP contribution in [-0.4, -0.2) is 48.2 Å². The van der Waals surface area contributed by atoms with Crippen LogP contribution in [-0.2, 0) is 30.5 Å². The van der Waals surface area contributed by atoms with Crippen LogP contribution in [0.4, 0.5) is 4.79 Å². The summed E-state index contributed by atoms with van der Waals surface area (Å²) in [6, 6.07) is 7.62. The van der Waals surface area contributed by atoms with Crippen LogP contribution in [0.2, 0.25) is 0 Å². The molecule has 0 aliphatic carbocycles. The first-order chi connectivity index (χ1) is 11.9. The van der Waals surface area contributed by atoms with E-state index in [0.717, 1.165) is 5.56 Å². The van der Waals surface area contributed by atoms with Crippen molar-refractivity contribution in [3.05, 3.63) is 35.9 Å². The minimum Gasteiger partial charge on any atom is -0.480 e. The number of amides is 2. The number of carboxylic acids is 1. The maximum absolute atomic E-state index is 11.9. The summed E-state index contributed by atoms with van der Waals surface area (Å²) < 4.78 is 9.81. The molecule has 0 heterocycles. The molecule has 2 amide bonds. The van der Waals surface area contributed by atoms with E-state index >= 15 is 0 Å². The normalized spacial score (nSPS) is 11.1. The van der Waals surface area contributed by atoms with Gasteiger partial charge in [0.25, 0.3) is 0 Å². The molecule has 1 atom stereocenters. The molecule has 0 spiro atoms. The molecule has 136 valence electrons. The number of benzene rings is 1. The van der Waals surface area contributed by atoms with Crippen molar-refractivity contribution >= 4 is 23.9 Å². The highest BCUT2D eigenvalue weighted by Gasteiger charge is 2.23. The van der Waals surface area contributed by atoms with Gasteiger partial charge in [0, 0.05) is 6.42 Å². The Hall–Kier alpha value is -3.10. The van der Waals surface area contributed by atoms with Crippen LogP contribution in [0.15, 0.2) is 30.3 Å². The van der Waals surface area contributed by atoms with Gasteiger partial charge in [-0.25, -0.2) is 4.79 Å². The smallest absolute Gasteiger partial charge is 0.408 e. The third kappa shape index (κ3) is 8.35. The Kier molecular flexibility index (Phi) is 8.48. The Bertz CT molecular complexity index is 604. The molecule has 0 saturated heterocycles. The third-order valence-corrected chi connectivity index (χ3v) is 2.93. The topological polar surface area (TPSA) is 131 Å². The maximum atomic E-state index is 11.9. The molecule has 3 N–H and O–H groups in total. The van der Waals surface area contributed by atoms with Crippen LogP contribution >= 0.6 is 0 Å². The predicted molar refractivity (Wildman–Crippen MR) is 85.4 cm³/mol. The van der Waals surface area contributed by atoms with Crippen LogP contribution in [0.1, 0.15) is 18.9 Å². The second-order valence-electron chi connectivity index (χ2n) is 4.91. The van der Waals surface area contributed by atoms with Crippen molar-refractivity contribution in [3.63, 3.8) is 0 Å². The minimum absolute atomic E-state index is 0.00904. The number of carboxylic acid groups (broad SMARTS) is 1. The largest absolute Gasteiger partial charge is 0.480 e. The van der Waals surface area contributed by atoms with E-state index in [2.05, 4.69) is 10.6 Å². The van der Waals surface area contributed by atoms with E-state index in [0.29, 0.717) is 0 Å². The Morgan fingerprint density at radius 2 is 1.80 bits per heavy atom. The van der Waals surface area contributed by atoms with E-state index in [1.54, 1.807) is 31.2 Å². The number of rotatable bonds is 9. The number of nitrogens with one attached hydrogen (secondary N) is 2. The van der Waals surface area contributed by atoms with E-state index < -0.39 is 43.1 Å². The van der Waals surface area contributed by atoms with Crippen LogP contribution in [0.25, 0.3) is 0 Å². The Morgan fingerprint density at radius 3 is 2.40 bits per heavy atom. The van der Waals surface area contributed by atoms with Gasteiger partial charge in [0.05, 0.1) is 0 Å². The zero-order chi connectivity index (χ0) is 18.7. The zero-order valence-corrected chi connectivity index (χ0v) is 13.7. The van der Waals surface area contributed by atoms with Gasteiger partial charge in [-0.15, -0.1) is 0 Å². The van der Waals surface area contributed by atoms with Crippen LogP contribution in [0.3, 0.4) is 0 Å². The summed E-state index contributed by atoms with van der Waals surface area (Å²) in [5, 5.41) is 12.9. The molecular formula is C16H20N2O7. The van der Waals surface area contributed by atoms with E-state index in [-0.39, 0.29) is 13.0 Å². The molecular weight excluding hydrogens is 332 g/mol. The predicted octanol–water partition coefficient (Wildman–Crippen LogP) is 0.435. The average Bonchev–Trinajstić information content (AvgIpc) is 2.61. The molecule has 25 heavy (non-hydrogen) atoms. The highest BCUT2D eigenvalue weighted by Crippen LogP contribution is 2.01. The fraction of sp³-hybridized carbons (Fsp3) is 0.375. The second-order valence-corrected chi connectivity index (χ2v) is 4.91. The van der Waals surface area contributed by atoms with Crippen molar-refractivity contribution in [1.29, 1.82) is 0 Å². The molecule has 1 unspecified atom stereocenters. The highest BCUT2D eigenvalue weighted by atomic mass is 16.6. The van der Waals surface area contributed by atoms with Gasteiger partial charge >= 0.3 is 18.0 Å². The Labute approximate surface area is 144 Å². The van der Waals surface area contributed by atoms with Gasteiger partial charge in [0.15, 0.2) is 0 Å². The summed E-state index contributed by atoms with van der Waals surface area (Å²) in [5.74, 6) is -2.61. The van der Waals surface area contributed by atoms with Crippen molar-refractivity contribution in [1.82, 2.24) is 10.6 Å². The Balaban J connectivity index is 2.57. The fourth-order valence-corrected chi connectivity index (χ4v) is 1.65. The number of hydrogen-bond acceptors (Lipinski definition) is 6. The first-order valence-electron chi connectivity index (χ1n) is 7.54. The van der Waals surface area contributed by atoms with Crippen molar-refractivity contribution in [3.8, 4) is 0 Å². The summed E-state index contributed by atoms with van der Waals surface area (Å²) in [6.07, 6.45) is -0.797. The molecule has 9 heteroatoms. The summed E-state index contributed by atoms with van der Waals surface area (Å²) in [6.45, 7) is 0.505. The molecule has 1 aromatic carbocycles. The molecule has 1 aromatic rings. The molecule has 0 saturated carbocycles. The second kappa shape index (κ2) is 10.6. The number of carbonyl (C=O) groups excluding carboxylic acids is 3. The van der Waals surface area contributed by atoms with Crippen LogP contribution in [0.5, 0.6) is 0 Å². The molecule has 0 radical (unpaired) electrons. The minimum atomic E-state index is -1.27. The number of carbonyl (C=O) groups is 4. The summed E-state index contributed by atoms with van der Waals surface area (Å²) in [5.41, 5.74) is 0.752. The number of hydrogen-bond donors (Lipinski definition) is 3. The van der Waals surface area contributed by atoms with Gasteiger partial charge in [-0.3, -0.25) is 14.4 Å². The zero-order valence-electron chi connectivity index (χ0n) is 13.7. The van der Waals surface area contributed by atoms with E-state index in [4.69, 9.17) is 14.6 Å². The van der Waals surface area contributed by atoms with E-state index in [1.165, 1.54) is 0 Å². The van der Waals surface area contributed by atoms with E-state index in [9.17, 15) is 19.2 Å². The number of aliphatic carboxylic acids is 1. The quantitative estimate of drug-likeness (QED) is 0.549. The lowest BCUT2D eigenvalue weighted by Gasteiger charge is -2.17. The van der Waals surface area contributed by atoms with Crippen LogP contribution in [0, 0.1) is 0 Å². The lowest BCUT2D eigenvalue weighted by Crippen LogP contribution is -2.50. The van der Waals surface area contributed by atoms with Crippen molar-refractivity contribution < 1.29 is 33.8 Å². The lowest BCUT2D eigenvalue weighted by atomic mass is 10.2. The molecule has 0 fully saturated rings. The molecule has 9 nitrogen and oxygen atoms in total. The van der Waals surface area contributed by atoms with Gasteiger partial charge in [0.1, 0.15) is 25.8 Å². The van der Waals surface area contributed by atoms with Gasteiger partial charge in [-0.2, -0.15) is 0 Å². The molecule has 0 aromatic heterocycles.